The van der Waals surface area contributed by atoms with E-state index in [1.54, 1.807) is 23.1 Å². The minimum Gasteiger partial charge on any atom is -0.481 e. The third-order valence-electron chi connectivity index (χ3n) is 5.28. The first-order valence-corrected chi connectivity index (χ1v) is 8.94. The highest BCUT2D eigenvalue weighted by Crippen LogP contribution is 2.40. The van der Waals surface area contributed by atoms with Crippen molar-refractivity contribution < 1.29 is 19.5 Å². The van der Waals surface area contributed by atoms with Crippen molar-refractivity contribution in [3.05, 3.63) is 24.3 Å². The normalized spacial score (nSPS) is 19.7. The number of hydrogen-bond acceptors (Lipinski definition) is 3. The number of carboxylic acid groups (broad SMARTS) is 1. The Morgan fingerprint density at radius 3 is 2.56 bits per heavy atom. The van der Waals surface area contributed by atoms with Crippen LogP contribution in [0.4, 0.5) is 11.4 Å². The van der Waals surface area contributed by atoms with Crippen molar-refractivity contribution in [3.63, 3.8) is 0 Å². The zero-order chi connectivity index (χ0) is 17.9. The minimum atomic E-state index is -0.940. The van der Waals surface area contributed by atoms with Crippen molar-refractivity contribution in [2.75, 3.05) is 16.8 Å². The predicted octanol–water partition coefficient (Wildman–Crippen LogP) is 3.18. The first kappa shape index (κ1) is 17.5. The van der Waals surface area contributed by atoms with E-state index in [-0.39, 0.29) is 18.2 Å². The second-order valence-electron chi connectivity index (χ2n) is 7.07. The molecule has 1 aliphatic heterocycles. The number of nitrogens with one attached hydrogen (secondary N) is 1. The highest BCUT2D eigenvalue weighted by atomic mass is 16.4. The summed E-state index contributed by atoms with van der Waals surface area (Å²) < 4.78 is 0. The van der Waals surface area contributed by atoms with Crippen LogP contribution in [-0.2, 0) is 14.4 Å². The van der Waals surface area contributed by atoms with Crippen molar-refractivity contribution in [2.24, 2.45) is 5.41 Å². The predicted molar refractivity (Wildman–Crippen MR) is 94.4 cm³/mol. The lowest BCUT2D eigenvalue weighted by Crippen LogP contribution is -2.37. The lowest BCUT2D eigenvalue weighted by atomic mass is 9.71. The molecule has 0 spiro atoms. The summed E-state index contributed by atoms with van der Waals surface area (Å²) in [7, 11) is 0. The van der Waals surface area contributed by atoms with E-state index in [0.29, 0.717) is 31.5 Å². The van der Waals surface area contributed by atoms with Gasteiger partial charge in [0.25, 0.3) is 0 Å². The monoisotopic (exact) mass is 344 g/mol. The van der Waals surface area contributed by atoms with Gasteiger partial charge in [-0.3, -0.25) is 14.4 Å². The summed E-state index contributed by atoms with van der Waals surface area (Å²) in [5.74, 6) is -1.07. The van der Waals surface area contributed by atoms with Crippen molar-refractivity contribution in [1.82, 2.24) is 0 Å². The molecule has 6 nitrogen and oxygen atoms in total. The largest absolute Gasteiger partial charge is 0.481 e. The molecule has 1 heterocycles. The molecule has 0 radical (unpaired) electrons. The van der Waals surface area contributed by atoms with Crippen LogP contribution < -0.4 is 10.2 Å². The number of rotatable bonds is 5. The molecule has 134 valence electrons. The van der Waals surface area contributed by atoms with E-state index in [4.69, 9.17) is 0 Å². The van der Waals surface area contributed by atoms with E-state index in [1.165, 1.54) is 0 Å². The van der Waals surface area contributed by atoms with Gasteiger partial charge < -0.3 is 15.3 Å². The topological polar surface area (TPSA) is 86.7 Å². The highest BCUT2D eigenvalue weighted by molar-refractivity contribution is 5.97. The van der Waals surface area contributed by atoms with E-state index in [9.17, 15) is 19.5 Å². The van der Waals surface area contributed by atoms with Crippen LogP contribution in [0.25, 0.3) is 0 Å². The minimum absolute atomic E-state index is 0.00476. The average Bonchev–Trinajstić information content (AvgIpc) is 3.02. The number of aliphatic carboxylic acids is 1. The van der Waals surface area contributed by atoms with E-state index < -0.39 is 11.4 Å². The molecule has 25 heavy (non-hydrogen) atoms. The molecule has 1 saturated carbocycles. The van der Waals surface area contributed by atoms with Gasteiger partial charge in [0.2, 0.25) is 11.8 Å². The fourth-order valence-corrected chi connectivity index (χ4v) is 3.88. The molecule has 2 amide bonds. The number of carbonyl (C=O) groups is 3. The molecule has 2 fully saturated rings. The molecular formula is C19H24N2O4. The first-order valence-electron chi connectivity index (χ1n) is 8.94. The van der Waals surface area contributed by atoms with Crippen molar-refractivity contribution in [2.45, 2.75) is 51.4 Å². The van der Waals surface area contributed by atoms with Gasteiger partial charge >= 0.3 is 5.97 Å². The van der Waals surface area contributed by atoms with Crippen LogP contribution in [0.1, 0.15) is 51.4 Å². The zero-order valence-corrected chi connectivity index (χ0v) is 14.3. The van der Waals surface area contributed by atoms with Crippen LogP contribution >= 0.6 is 0 Å². The summed E-state index contributed by atoms with van der Waals surface area (Å²) in [5, 5.41) is 12.4. The summed E-state index contributed by atoms with van der Waals surface area (Å²) in [5.41, 5.74) is 0.426. The van der Waals surface area contributed by atoms with Gasteiger partial charge in [0.15, 0.2) is 0 Å². The molecule has 3 rings (SSSR count). The second kappa shape index (κ2) is 7.25. The van der Waals surface area contributed by atoms with Gasteiger partial charge in [-0.2, -0.15) is 0 Å². The first-order chi connectivity index (χ1) is 12.0. The number of hydrogen-bond donors (Lipinski definition) is 2. The third kappa shape index (κ3) is 3.83. The van der Waals surface area contributed by atoms with Gasteiger partial charge in [-0.05, 0) is 37.5 Å². The Balaban J connectivity index is 1.68. The fraction of sp³-hybridized carbons (Fsp3) is 0.526. The third-order valence-corrected chi connectivity index (χ3v) is 5.28. The molecule has 0 bridgehead atoms. The van der Waals surface area contributed by atoms with Crippen LogP contribution in [0.2, 0.25) is 0 Å². The van der Waals surface area contributed by atoms with Gasteiger partial charge in [0.1, 0.15) is 0 Å². The average molecular weight is 344 g/mol. The Labute approximate surface area is 147 Å². The number of nitrogens with zero attached hydrogens (tertiary/aromatic N) is 1. The van der Waals surface area contributed by atoms with Gasteiger partial charge in [-0.15, -0.1) is 0 Å². The molecular weight excluding hydrogens is 320 g/mol. The summed E-state index contributed by atoms with van der Waals surface area (Å²) in [6.07, 6.45) is 5.24. The number of carbonyl (C=O) groups excluding carboxylic acids is 2. The van der Waals surface area contributed by atoms with Crippen LogP contribution in [-0.4, -0.2) is 29.4 Å². The van der Waals surface area contributed by atoms with Crippen molar-refractivity contribution in [3.8, 4) is 0 Å². The molecule has 1 aromatic carbocycles. The lowest BCUT2D eigenvalue weighted by molar-refractivity contribution is -0.153. The number of anilines is 2. The Kier molecular flexibility index (Phi) is 5.06. The molecule has 2 N–H and O–H groups in total. The van der Waals surface area contributed by atoms with Gasteiger partial charge in [0.05, 0.1) is 5.41 Å². The summed E-state index contributed by atoms with van der Waals surface area (Å²) in [6, 6.07) is 7.18. The molecule has 2 aliphatic rings. The van der Waals surface area contributed by atoms with Gasteiger partial charge in [0, 0.05) is 30.8 Å². The summed E-state index contributed by atoms with van der Waals surface area (Å²) in [4.78, 5) is 37.7. The maximum absolute atomic E-state index is 12.4. The van der Waals surface area contributed by atoms with Crippen molar-refractivity contribution >= 4 is 29.2 Å². The summed E-state index contributed by atoms with van der Waals surface area (Å²) in [6.45, 7) is 0.693. The molecule has 6 heteroatoms. The van der Waals surface area contributed by atoms with Gasteiger partial charge in [-0.1, -0.05) is 25.3 Å². The fourth-order valence-electron chi connectivity index (χ4n) is 3.88. The van der Waals surface area contributed by atoms with Crippen LogP contribution in [0, 0.1) is 5.41 Å². The van der Waals surface area contributed by atoms with Crippen molar-refractivity contribution in [1.29, 1.82) is 0 Å². The van der Waals surface area contributed by atoms with Gasteiger partial charge in [-0.25, -0.2) is 0 Å². The van der Waals surface area contributed by atoms with E-state index in [2.05, 4.69) is 5.32 Å². The zero-order valence-electron chi connectivity index (χ0n) is 14.3. The standard InChI is InChI=1S/C19H24N2O4/c22-16(13-19(18(24)25)9-2-1-3-10-19)20-14-6-4-7-15(12-14)21-11-5-8-17(21)23/h4,6-7,12H,1-3,5,8-11,13H2,(H,20,22)(H,24,25). The smallest absolute Gasteiger partial charge is 0.310 e. The van der Waals surface area contributed by atoms with E-state index in [0.717, 1.165) is 31.4 Å². The van der Waals surface area contributed by atoms with E-state index in [1.807, 2.05) is 6.07 Å². The number of amides is 2. The quantitative estimate of drug-likeness (QED) is 0.859. The van der Waals surface area contributed by atoms with Crippen LogP contribution in [0.3, 0.4) is 0 Å². The number of benzene rings is 1. The molecule has 1 aromatic rings. The molecule has 1 saturated heterocycles. The van der Waals surface area contributed by atoms with Crippen LogP contribution in [0.5, 0.6) is 0 Å². The maximum atomic E-state index is 12.4. The molecule has 0 unspecified atom stereocenters. The molecule has 1 aliphatic carbocycles. The highest BCUT2D eigenvalue weighted by Gasteiger charge is 2.41. The molecule has 0 aromatic heterocycles. The SMILES string of the molecule is O=C(CC1(C(=O)O)CCCCC1)Nc1cccc(N2CCCC2=O)c1. The summed E-state index contributed by atoms with van der Waals surface area (Å²) >= 11 is 0. The Morgan fingerprint density at radius 2 is 1.92 bits per heavy atom. The Bertz CT molecular complexity index is 680. The second-order valence-corrected chi connectivity index (χ2v) is 7.07. The Morgan fingerprint density at radius 1 is 1.16 bits per heavy atom. The lowest BCUT2D eigenvalue weighted by Gasteiger charge is -2.32. The molecule has 0 atom stereocenters. The van der Waals surface area contributed by atoms with E-state index >= 15 is 0 Å². The maximum Gasteiger partial charge on any atom is 0.310 e. The Hall–Kier alpha value is -2.37. The number of carboxylic acids is 1. The van der Waals surface area contributed by atoms with Crippen LogP contribution in [0.15, 0.2) is 24.3 Å².